The van der Waals surface area contributed by atoms with E-state index in [1.807, 2.05) is 0 Å². The minimum atomic E-state index is -0.441. The molecule has 1 aromatic rings. The molecule has 1 aliphatic heterocycles. The maximum atomic E-state index is 13.5. The fourth-order valence-corrected chi connectivity index (χ4v) is 2.27. The Kier molecular flexibility index (Phi) is 4.07. The number of benzene rings is 1. The predicted octanol–water partition coefficient (Wildman–Crippen LogP) is 2.78. The zero-order chi connectivity index (χ0) is 12.3. The second kappa shape index (κ2) is 5.56. The van der Waals surface area contributed by atoms with E-state index in [1.54, 1.807) is 0 Å². The number of hydrogen-bond acceptors (Lipinski definition) is 2. The molecule has 2 nitrogen and oxygen atoms in total. The third kappa shape index (κ3) is 3.23. The van der Waals surface area contributed by atoms with Crippen LogP contribution in [0.1, 0.15) is 30.9 Å². The maximum Gasteiger partial charge on any atom is 0.128 e. The minimum absolute atomic E-state index is 0.275. The molecule has 0 spiro atoms. The first-order valence-corrected chi connectivity index (χ1v) is 5.95. The Morgan fingerprint density at radius 3 is 2.71 bits per heavy atom. The first-order chi connectivity index (χ1) is 8.16. The van der Waals surface area contributed by atoms with E-state index < -0.39 is 17.7 Å². The van der Waals surface area contributed by atoms with Crippen molar-refractivity contribution in [2.75, 3.05) is 13.2 Å². The Labute approximate surface area is 99.8 Å². The molecule has 0 saturated carbocycles. The maximum absolute atomic E-state index is 13.5. The first kappa shape index (κ1) is 12.5. The van der Waals surface area contributed by atoms with Gasteiger partial charge in [-0.15, -0.1) is 0 Å². The third-order valence-electron chi connectivity index (χ3n) is 3.29. The molecule has 94 valence electrons. The van der Waals surface area contributed by atoms with Gasteiger partial charge in [-0.25, -0.2) is 8.78 Å². The fourth-order valence-electron chi connectivity index (χ4n) is 2.27. The monoisotopic (exact) mass is 241 g/mol. The van der Waals surface area contributed by atoms with Crippen LogP contribution in [0.4, 0.5) is 8.78 Å². The molecule has 1 saturated heterocycles. The van der Waals surface area contributed by atoms with Crippen molar-refractivity contribution in [3.8, 4) is 0 Å². The summed E-state index contributed by atoms with van der Waals surface area (Å²) in [6.45, 7) is 1.48. The average molecular weight is 241 g/mol. The molecule has 4 heteroatoms. The second-order valence-corrected chi connectivity index (χ2v) is 4.56. The molecule has 2 rings (SSSR count). The lowest BCUT2D eigenvalue weighted by molar-refractivity contribution is 0.0617. The molecule has 1 atom stereocenters. The summed E-state index contributed by atoms with van der Waals surface area (Å²) in [6, 6.07) is 3.00. The molecule has 0 bridgehead atoms. The Balaban J connectivity index is 2.02. The van der Waals surface area contributed by atoms with E-state index in [2.05, 4.69) is 0 Å². The quantitative estimate of drug-likeness (QED) is 0.883. The van der Waals surface area contributed by atoms with Gasteiger partial charge in [0.25, 0.3) is 0 Å². The zero-order valence-electron chi connectivity index (χ0n) is 9.66. The fraction of sp³-hybridized carbons (Fsp3) is 0.538. The van der Waals surface area contributed by atoms with Crippen LogP contribution < -0.4 is 5.73 Å². The SMILES string of the molecule is NC(CC1CCOCC1)c1cc(F)ccc1F. The van der Waals surface area contributed by atoms with Crippen molar-refractivity contribution < 1.29 is 13.5 Å². The summed E-state index contributed by atoms with van der Waals surface area (Å²) in [7, 11) is 0. The minimum Gasteiger partial charge on any atom is -0.381 e. The lowest BCUT2D eigenvalue weighted by Gasteiger charge is -2.25. The van der Waals surface area contributed by atoms with Gasteiger partial charge in [0.15, 0.2) is 0 Å². The summed E-state index contributed by atoms with van der Waals surface area (Å²) >= 11 is 0. The molecule has 1 fully saturated rings. The van der Waals surface area contributed by atoms with Gasteiger partial charge in [-0.05, 0) is 43.4 Å². The molecule has 0 aromatic heterocycles. The van der Waals surface area contributed by atoms with Gasteiger partial charge < -0.3 is 10.5 Å². The number of halogens is 2. The zero-order valence-corrected chi connectivity index (χ0v) is 9.66. The molecular formula is C13H17F2NO. The predicted molar refractivity (Wildman–Crippen MR) is 61.4 cm³/mol. The molecule has 0 amide bonds. The first-order valence-electron chi connectivity index (χ1n) is 5.95. The number of ether oxygens (including phenoxy) is 1. The van der Waals surface area contributed by atoms with E-state index in [0.717, 1.165) is 38.2 Å². The van der Waals surface area contributed by atoms with Gasteiger partial charge in [0.2, 0.25) is 0 Å². The van der Waals surface area contributed by atoms with Gasteiger partial charge in [-0.1, -0.05) is 0 Å². The van der Waals surface area contributed by atoms with Crippen LogP contribution in [-0.2, 0) is 4.74 Å². The normalized spacial score (nSPS) is 19.2. The van der Waals surface area contributed by atoms with Gasteiger partial charge >= 0.3 is 0 Å². The molecule has 0 radical (unpaired) electrons. The molecule has 1 aromatic carbocycles. The molecule has 1 aliphatic rings. The number of rotatable bonds is 3. The summed E-state index contributed by atoms with van der Waals surface area (Å²) < 4.78 is 31.8. The van der Waals surface area contributed by atoms with Gasteiger partial charge in [0, 0.05) is 24.8 Å². The van der Waals surface area contributed by atoms with Crippen LogP contribution in [0.5, 0.6) is 0 Å². The molecule has 17 heavy (non-hydrogen) atoms. The standard InChI is InChI=1S/C13H17F2NO/c14-10-1-2-12(15)11(8-10)13(16)7-9-3-5-17-6-4-9/h1-2,8-9,13H,3-7,16H2. The van der Waals surface area contributed by atoms with Crippen LogP contribution in [0.2, 0.25) is 0 Å². The lowest BCUT2D eigenvalue weighted by atomic mass is 9.90. The van der Waals surface area contributed by atoms with Crippen molar-refractivity contribution in [1.82, 2.24) is 0 Å². The molecule has 1 heterocycles. The Hall–Kier alpha value is -1.00. The highest BCUT2D eigenvalue weighted by atomic mass is 19.1. The topological polar surface area (TPSA) is 35.2 Å². The Morgan fingerprint density at radius 1 is 1.29 bits per heavy atom. The van der Waals surface area contributed by atoms with Crippen LogP contribution in [-0.4, -0.2) is 13.2 Å². The summed E-state index contributed by atoms with van der Waals surface area (Å²) in [5.41, 5.74) is 6.22. The van der Waals surface area contributed by atoms with E-state index in [-0.39, 0.29) is 5.56 Å². The van der Waals surface area contributed by atoms with Crippen LogP contribution in [0, 0.1) is 17.6 Å². The van der Waals surface area contributed by atoms with Crippen LogP contribution >= 0.6 is 0 Å². The summed E-state index contributed by atoms with van der Waals surface area (Å²) in [4.78, 5) is 0. The lowest BCUT2D eigenvalue weighted by Crippen LogP contribution is -2.22. The number of nitrogens with two attached hydrogens (primary N) is 1. The highest BCUT2D eigenvalue weighted by Gasteiger charge is 2.20. The highest BCUT2D eigenvalue weighted by molar-refractivity contribution is 5.22. The summed E-state index contributed by atoms with van der Waals surface area (Å²) in [6.07, 6.45) is 2.58. The average Bonchev–Trinajstić information content (AvgIpc) is 2.33. The summed E-state index contributed by atoms with van der Waals surface area (Å²) in [5.74, 6) is -0.420. The number of hydrogen-bond donors (Lipinski definition) is 1. The van der Waals surface area contributed by atoms with Gasteiger partial charge in [-0.2, -0.15) is 0 Å². The molecule has 1 unspecified atom stereocenters. The van der Waals surface area contributed by atoms with Crippen molar-refractivity contribution >= 4 is 0 Å². The van der Waals surface area contributed by atoms with Crippen molar-refractivity contribution in [3.63, 3.8) is 0 Å². The van der Waals surface area contributed by atoms with E-state index in [4.69, 9.17) is 10.5 Å². The van der Waals surface area contributed by atoms with E-state index in [0.29, 0.717) is 12.3 Å². The van der Waals surface area contributed by atoms with Gasteiger partial charge in [-0.3, -0.25) is 0 Å². The molecule has 0 aliphatic carbocycles. The Bertz CT molecular complexity index is 378. The highest BCUT2D eigenvalue weighted by Crippen LogP contribution is 2.27. The second-order valence-electron chi connectivity index (χ2n) is 4.56. The van der Waals surface area contributed by atoms with Crippen molar-refractivity contribution in [2.24, 2.45) is 11.7 Å². The van der Waals surface area contributed by atoms with Gasteiger partial charge in [0.05, 0.1) is 0 Å². The van der Waals surface area contributed by atoms with E-state index in [9.17, 15) is 8.78 Å². The smallest absolute Gasteiger partial charge is 0.128 e. The largest absolute Gasteiger partial charge is 0.381 e. The van der Waals surface area contributed by atoms with Gasteiger partial charge in [0.1, 0.15) is 11.6 Å². The van der Waals surface area contributed by atoms with Crippen molar-refractivity contribution in [2.45, 2.75) is 25.3 Å². The van der Waals surface area contributed by atoms with E-state index >= 15 is 0 Å². The molecular weight excluding hydrogens is 224 g/mol. The molecule has 2 N–H and O–H groups in total. The van der Waals surface area contributed by atoms with Crippen molar-refractivity contribution in [3.05, 3.63) is 35.4 Å². The Morgan fingerprint density at radius 2 is 2.00 bits per heavy atom. The third-order valence-corrected chi connectivity index (χ3v) is 3.29. The van der Waals surface area contributed by atoms with Crippen molar-refractivity contribution in [1.29, 1.82) is 0 Å². The van der Waals surface area contributed by atoms with Crippen LogP contribution in [0.3, 0.4) is 0 Å². The van der Waals surface area contributed by atoms with E-state index in [1.165, 1.54) is 6.07 Å². The van der Waals surface area contributed by atoms with Crippen LogP contribution in [0.15, 0.2) is 18.2 Å². The summed E-state index contributed by atoms with van der Waals surface area (Å²) in [5, 5.41) is 0. The van der Waals surface area contributed by atoms with Crippen LogP contribution in [0.25, 0.3) is 0 Å².